The lowest BCUT2D eigenvalue weighted by molar-refractivity contribution is 0.410. The van der Waals surface area contributed by atoms with Crippen LogP contribution in [0.4, 0.5) is 5.82 Å². The van der Waals surface area contributed by atoms with Gasteiger partial charge in [-0.3, -0.25) is 0 Å². The van der Waals surface area contributed by atoms with E-state index in [9.17, 15) is 0 Å². The third-order valence-corrected chi connectivity index (χ3v) is 4.03. The summed E-state index contributed by atoms with van der Waals surface area (Å²) in [7, 11) is 2.16. The Morgan fingerprint density at radius 1 is 1.17 bits per heavy atom. The second kappa shape index (κ2) is 4.82. The molecule has 0 aromatic carbocycles. The molecule has 2 aliphatic rings. The lowest BCUT2D eigenvalue weighted by atomic mass is 10.1. The number of aromatic nitrogens is 2. The number of likely N-dealkylation sites (N-methyl/N-ethyl adjacent to an activating group) is 1. The van der Waals surface area contributed by atoms with Crippen molar-refractivity contribution < 1.29 is 0 Å². The van der Waals surface area contributed by atoms with Gasteiger partial charge in [0.15, 0.2) is 5.82 Å². The van der Waals surface area contributed by atoms with E-state index >= 15 is 0 Å². The van der Waals surface area contributed by atoms with Crippen LogP contribution in [0.2, 0.25) is 0 Å². The molecule has 2 fully saturated rings. The standard InChI is InChI=1S/C13H21N5/c1-17-6-4-10(8-17)12-2-3-13(16-15-12)18-7-5-11(14)9-18/h2-3,10-11H,4-9,14H2,1H3. The van der Waals surface area contributed by atoms with Crippen molar-refractivity contribution in [2.24, 2.45) is 5.73 Å². The average Bonchev–Trinajstić information content (AvgIpc) is 2.98. The molecule has 0 radical (unpaired) electrons. The first kappa shape index (κ1) is 11.9. The van der Waals surface area contributed by atoms with E-state index in [2.05, 4.69) is 39.2 Å². The highest BCUT2D eigenvalue weighted by Crippen LogP contribution is 2.25. The van der Waals surface area contributed by atoms with Crippen LogP contribution in [0.15, 0.2) is 12.1 Å². The molecular weight excluding hydrogens is 226 g/mol. The lowest BCUT2D eigenvalue weighted by Gasteiger charge is -2.17. The normalized spacial score (nSPS) is 29.1. The summed E-state index contributed by atoms with van der Waals surface area (Å²) in [6.45, 7) is 4.17. The van der Waals surface area contributed by atoms with Crippen molar-refractivity contribution in [3.05, 3.63) is 17.8 Å². The van der Waals surface area contributed by atoms with E-state index in [1.165, 1.54) is 6.42 Å². The Kier molecular flexibility index (Phi) is 3.18. The highest BCUT2D eigenvalue weighted by Gasteiger charge is 2.24. The summed E-state index contributed by atoms with van der Waals surface area (Å²) in [5.74, 6) is 1.52. The molecule has 3 rings (SSSR count). The number of anilines is 1. The summed E-state index contributed by atoms with van der Waals surface area (Å²) in [4.78, 5) is 4.57. The Bertz CT molecular complexity index is 365. The van der Waals surface area contributed by atoms with Crippen molar-refractivity contribution in [1.82, 2.24) is 15.1 Å². The number of rotatable bonds is 2. The van der Waals surface area contributed by atoms with E-state index in [0.717, 1.165) is 44.1 Å². The number of likely N-dealkylation sites (tertiary alicyclic amines) is 1. The van der Waals surface area contributed by atoms with Crippen molar-refractivity contribution in [2.45, 2.75) is 24.8 Å². The fourth-order valence-electron chi connectivity index (χ4n) is 2.89. The maximum atomic E-state index is 5.91. The first-order valence-electron chi connectivity index (χ1n) is 6.75. The molecule has 98 valence electrons. The topological polar surface area (TPSA) is 58.3 Å². The number of nitrogens with two attached hydrogens (primary N) is 1. The Morgan fingerprint density at radius 2 is 2.06 bits per heavy atom. The zero-order valence-corrected chi connectivity index (χ0v) is 10.9. The van der Waals surface area contributed by atoms with Crippen molar-refractivity contribution in [3.63, 3.8) is 0 Å². The van der Waals surface area contributed by atoms with Crippen molar-refractivity contribution in [1.29, 1.82) is 0 Å². The van der Waals surface area contributed by atoms with Gasteiger partial charge in [0, 0.05) is 31.6 Å². The van der Waals surface area contributed by atoms with Crippen LogP contribution in [0.3, 0.4) is 0 Å². The molecule has 18 heavy (non-hydrogen) atoms. The minimum absolute atomic E-state index is 0.287. The summed E-state index contributed by atoms with van der Waals surface area (Å²) in [5.41, 5.74) is 7.04. The van der Waals surface area contributed by atoms with Gasteiger partial charge in [-0.2, -0.15) is 5.10 Å². The van der Waals surface area contributed by atoms with Crippen LogP contribution in [0.1, 0.15) is 24.5 Å². The van der Waals surface area contributed by atoms with Gasteiger partial charge in [-0.15, -0.1) is 5.10 Å². The van der Waals surface area contributed by atoms with Gasteiger partial charge in [-0.25, -0.2) is 0 Å². The van der Waals surface area contributed by atoms with E-state index in [1.807, 2.05) is 0 Å². The number of nitrogens with zero attached hydrogens (tertiary/aromatic N) is 4. The zero-order chi connectivity index (χ0) is 12.5. The van der Waals surface area contributed by atoms with E-state index < -0.39 is 0 Å². The largest absolute Gasteiger partial charge is 0.354 e. The predicted octanol–water partition coefficient (Wildman–Crippen LogP) is 0.433. The van der Waals surface area contributed by atoms with Crippen LogP contribution in [0, 0.1) is 0 Å². The molecule has 5 heteroatoms. The van der Waals surface area contributed by atoms with Gasteiger partial charge < -0.3 is 15.5 Å². The Labute approximate surface area is 108 Å². The molecule has 0 spiro atoms. The second-order valence-corrected chi connectivity index (χ2v) is 5.56. The van der Waals surface area contributed by atoms with Gasteiger partial charge in [0.25, 0.3) is 0 Å². The van der Waals surface area contributed by atoms with E-state index in [-0.39, 0.29) is 6.04 Å². The van der Waals surface area contributed by atoms with Crippen LogP contribution in [0.5, 0.6) is 0 Å². The Morgan fingerprint density at radius 3 is 2.61 bits per heavy atom. The maximum Gasteiger partial charge on any atom is 0.151 e. The highest BCUT2D eigenvalue weighted by atomic mass is 15.3. The summed E-state index contributed by atoms with van der Waals surface area (Å²) < 4.78 is 0. The van der Waals surface area contributed by atoms with Crippen molar-refractivity contribution in [3.8, 4) is 0 Å². The van der Waals surface area contributed by atoms with Crippen LogP contribution in [0.25, 0.3) is 0 Å². The van der Waals surface area contributed by atoms with Gasteiger partial charge in [-0.1, -0.05) is 0 Å². The molecule has 0 bridgehead atoms. The van der Waals surface area contributed by atoms with Gasteiger partial charge in [0.05, 0.1) is 5.69 Å². The maximum absolute atomic E-state index is 5.91. The van der Waals surface area contributed by atoms with Crippen molar-refractivity contribution >= 4 is 5.82 Å². The van der Waals surface area contributed by atoms with Crippen LogP contribution in [-0.2, 0) is 0 Å². The van der Waals surface area contributed by atoms with Crippen LogP contribution in [-0.4, -0.2) is 54.4 Å². The first-order chi connectivity index (χ1) is 8.72. The van der Waals surface area contributed by atoms with Gasteiger partial charge in [0.2, 0.25) is 0 Å². The molecule has 1 aromatic rings. The third kappa shape index (κ3) is 2.33. The Hall–Kier alpha value is -1.20. The molecule has 5 nitrogen and oxygen atoms in total. The number of hydrogen-bond donors (Lipinski definition) is 1. The lowest BCUT2D eigenvalue weighted by Crippen LogP contribution is -2.27. The zero-order valence-electron chi connectivity index (χ0n) is 10.9. The molecule has 0 saturated carbocycles. The minimum Gasteiger partial charge on any atom is -0.354 e. The van der Waals surface area contributed by atoms with Gasteiger partial charge >= 0.3 is 0 Å². The summed E-state index contributed by atoms with van der Waals surface area (Å²) in [6, 6.07) is 4.52. The van der Waals surface area contributed by atoms with Crippen LogP contribution < -0.4 is 10.6 Å². The number of hydrogen-bond acceptors (Lipinski definition) is 5. The van der Waals surface area contributed by atoms with E-state index in [1.54, 1.807) is 0 Å². The minimum atomic E-state index is 0.287. The smallest absolute Gasteiger partial charge is 0.151 e. The summed E-state index contributed by atoms with van der Waals surface area (Å²) in [5, 5.41) is 8.77. The molecular formula is C13H21N5. The molecule has 3 heterocycles. The molecule has 0 amide bonds. The first-order valence-corrected chi connectivity index (χ1v) is 6.75. The molecule has 2 aliphatic heterocycles. The molecule has 2 atom stereocenters. The van der Waals surface area contributed by atoms with Gasteiger partial charge in [-0.05, 0) is 38.6 Å². The quantitative estimate of drug-likeness (QED) is 0.821. The van der Waals surface area contributed by atoms with E-state index in [4.69, 9.17) is 5.73 Å². The Balaban J connectivity index is 1.69. The molecule has 2 unspecified atom stereocenters. The molecule has 1 aromatic heterocycles. The molecule has 2 saturated heterocycles. The third-order valence-electron chi connectivity index (χ3n) is 4.03. The fraction of sp³-hybridized carbons (Fsp3) is 0.692. The predicted molar refractivity (Wildman–Crippen MR) is 71.7 cm³/mol. The molecule has 2 N–H and O–H groups in total. The monoisotopic (exact) mass is 247 g/mol. The molecule has 0 aliphatic carbocycles. The summed E-state index contributed by atoms with van der Waals surface area (Å²) in [6.07, 6.45) is 2.25. The fourth-order valence-corrected chi connectivity index (χ4v) is 2.89. The second-order valence-electron chi connectivity index (χ2n) is 5.56. The SMILES string of the molecule is CN1CCC(c2ccc(N3CCC(N)C3)nn2)C1. The van der Waals surface area contributed by atoms with E-state index in [0.29, 0.717) is 5.92 Å². The highest BCUT2D eigenvalue weighted by molar-refractivity contribution is 5.39. The van der Waals surface area contributed by atoms with Crippen molar-refractivity contribution in [2.75, 3.05) is 38.1 Å². The van der Waals surface area contributed by atoms with Gasteiger partial charge in [0.1, 0.15) is 0 Å². The van der Waals surface area contributed by atoms with Crippen LogP contribution >= 0.6 is 0 Å². The summed E-state index contributed by atoms with van der Waals surface area (Å²) >= 11 is 0. The average molecular weight is 247 g/mol.